The molecule has 0 fully saturated rings. The molecule has 4 aromatic carbocycles. The molecule has 0 heterocycles. The number of esters is 1. The molecule has 2 atom stereocenters. The zero-order chi connectivity index (χ0) is 31.4. The number of nitrogens with zero attached hydrogens (tertiary/aromatic N) is 1. The van der Waals surface area contributed by atoms with E-state index in [9.17, 15) is 18.0 Å². The largest absolute Gasteiger partial charge is 0.486 e. The molecule has 0 amide bonds. The van der Waals surface area contributed by atoms with E-state index in [4.69, 9.17) is 14.2 Å². The third-order valence-corrected chi connectivity index (χ3v) is 7.18. The van der Waals surface area contributed by atoms with Crippen LogP contribution in [0.15, 0.2) is 109 Å². The Morgan fingerprint density at radius 3 is 1.59 bits per heavy atom. The highest BCUT2D eigenvalue weighted by molar-refractivity contribution is 5.71. The van der Waals surface area contributed by atoms with Crippen LogP contribution in [0, 0.1) is 6.92 Å². The Morgan fingerprint density at radius 1 is 0.705 bits per heavy atom. The third-order valence-electron chi connectivity index (χ3n) is 7.18. The second kappa shape index (κ2) is 16.0. The quantitative estimate of drug-likeness (QED) is 0.127. The highest BCUT2D eigenvalue weighted by atomic mass is 19.4. The van der Waals surface area contributed by atoms with Crippen molar-refractivity contribution < 1.29 is 32.2 Å². The van der Waals surface area contributed by atoms with Crippen molar-refractivity contribution in [1.82, 2.24) is 4.90 Å². The van der Waals surface area contributed by atoms with Gasteiger partial charge in [-0.15, -0.1) is 0 Å². The van der Waals surface area contributed by atoms with Gasteiger partial charge >= 0.3 is 12.1 Å². The zero-order valence-corrected chi connectivity index (χ0v) is 25.0. The van der Waals surface area contributed by atoms with Gasteiger partial charge in [-0.05, 0) is 61.4 Å². The standard InChI is InChI=1S/C36H38F3NO4/c1-3-42-35(41)26-40(24-22-33(28-10-6-4-7-11-28)43-31-18-14-27(2)15-19-31)25-23-34(29-12-8-5-9-13-29)44-32-20-16-30(17-21-32)36(37,38)39/h4-21,33-34H,3,22-26H2,1-2H3. The first kappa shape index (κ1) is 32.6. The van der Waals surface area contributed by atoms with E-state index in [2.05, 4.69) is 0 Å². The molecule has 4 rings (SSSR count). The summed E-state index contributed by atoms with van der Waals surface area (Å²) in [7, 11) is 0. The molecule has 0 bridgehead atoms. The monoisotopic (exact) mass is 605 g/mol. The number of carbonyl (C=O) groups excluding carboxylic acids is 1. The van der Waals surface area contributed by atoms with Crippen LogP contribution >= 0.6 is 0 Å². The molecule has 0 aromatic heterocycles. The Bertz CT molecular complexity index is 1410. The summed E-state index contributed by atoms with van der Waals surface area (Å²) in [5.41, 5.74) is 2.31. The van der Waals surface area contributed by atoms with Gasteiger partial charge in [-0.3, -0.25) is 9.69 Å². The number of alkyl halides is 3. The van der Waals surface area contributed by atoms with Crippen LogP contribution in [0.2, 0.25) is 0 Å². The SMILES string of the molecule is CCOC(=O)CN(CCC(Oc1ccc(C)cc1)c1ccccc1)CCC(Oc1ccc(C(F)(F)F)cc1)c1ccccc1. The number of hydrogen-bond acceptors (Lipinski definition) is 5. The van der Waals surface area contributed by atoms with Crippen LogP contribution in [0.3, 0.4) is 0 Å². The number of ether oxygens (including phenoxy) is 3. The molecule has 0 aliphatic rings. The normalized spacial score (nSPS) is 12.9. The lowest BCUT2D eigenvalue weighted by atomic mass is 10.0. The van der Waals surface area contributed by atoms with Gasteiger partial charge in [-0.1, -0.05) is 78.4 Å². The van der Waals surface area contributed by atoms with E-state index >= 15 is 0 Å². The van der Waals surface area contributed by atoms with E-state index < -0.39 is 17.8 Å². The van der Waals surface area contributed by atoms with Gasteiger partial charge in [0.1, 0.15) is 23.7 Å². The second-order valence-electron chi connectivity index (χ2n) is 10.5. The molecule has 232 valence electrons. The summed E-state index contributed by atoms with van der Waals surface area (Å²) in [4.78, 5) is 14.6. The Labute approximate surface area is 257 Å². The van der Waals surface area contributed by atoms with E-state index in [1.54, 1.807) is 6.92 Å². The summed E-state index contributed by atoms with van der Waals surface area (Å²) >= 11 is 0. The molecule has 0 spiro atoms. The van der Waals surface area contributed by atoms with Crippen molar-refractivity contribution in [1.29, 1.82) is 0 Å². The van der Waals surface area contributed by atoms with Gasteiger partial charge in [-0.2, -0.15) is 13.2 Å². The van der Waals surface area contributed by atoms with Gasteiger partial charge in [0.25, 0.3) is 0 Å². The maximum Gasteiger partial charge on any atom is 0.416 e. The smallest absolute Gasteiger partial charge is 0.416 e. The van der Waals surface area contributed by atoms with Crippen LogP contribution in [-0.4, -0.2) is 37.1 Å². The lowest BCUT2D eigenvalue weighted by Gasteiger charge is -2.27. The maximum absolute atomic E-state index is 13.1. The van der Waals surface area contributed by atoms with Crippen LogP contribution < -0.4 is 9.47 Å². The van der Waals surface area contributed by atoms with Crippen molar-refractivity contribution in [2.45, 2.75) is 45.1 Å². The van der Waals surface area contributed by atoms with Crippen molar-refractivity contribution in [3.63, 3.8) is 0 Å². The molecule has 2 unspecified atom stereocenters. The lowest BCUT2D eigenvalue weighted by Crippen LogP contribution is -2.35. The second-order valence-corrected chi connectivity index (χ2v) is 10.5. The first-order valence-electron chi connectivity index (χ1n) is 14.8. The van der Waals surface area contributed by atoms with Crippen LogP contribution in [0.4, 0.5) is 13.2 Å². The fourth-order valence-electron chi connectivity index (χ4n) is 4.85. The topological polar surface area (TPSA) is 48.0 Å². The van der Waals surface area contributed by atoms with E-state index in [1.807, 2.05) is 96.8 Å². The van der Waals surface area contributed by atoms with E-state index in [0.717, 1.165) is 34.6 Å². The number of carbonyl (C=O) groups is 1. The molecule has 44 heavy (non-hydrogen) atoms. The fraction of sp³-hybridized carbons (Fsp3) is 0.306. The minimum Gasteiger partial charge on any atom is -0.486 e. The van der Waals surface area contributed by atoms with Gasteiger partial charge in [0.2, 0.25) is 0 Å². The minimum atomic E-state index is -4.42. The molecule has 5 nitrogen and oxygen atoms in total. The highest BCUT2D eigenvalue weighted by Gasteiger charge is 2.30. The Balaban J connectivity index is 1.50. The third kappa shape index (κ3) is 10.2. The molecule has 0 saturated heterocycles. The van der Waals surface area contributed by atoms with E-state index in [1.165, 1.54) is 12.1 Å². The minimum absolute atomic E-state index is 0.0850. The number of benzene rings is 4. The molecular weight excluding hydrogens is 567 g/mol. The van der Waals surface area contributed by atoms with Crippen LogP contribution in [0.1, 0.15) is 54.2 Å². The van der Waals surface area contributed by atoms with Crippen LogP contribution in [0.5, 0.6) is 11.5 Å². The van der Waals surface area contributed by atoms with Crippen LogP contribution in [-0.2, 0) is 15.7 Å². The van der Waals surface area contributed by atoms with Gasteiger partial charge in [-0.25, -0.2) is 0 Å². The molecule has 0 aliphatic carbocycles. The molecule has 0 saturated carbocycles. The van der Waals surface area contributed by atoms with Crippen molar-refractivity contribution in [2.75, 3.05) is 26.2 Å². The average molecular weight is 606 g/mol. The highest BCUT2D eigenvalue weighted by Crippen LogP contribution is 2.32. The molecule has 0 N–H and O–H groups in total. The molecule has 4 aromatic rings. The summed E-state index contributed by atoms with van der Waals surface area (Å²) in [5, 5.41) is 0. The Morgan fingerprint density at radius 2 is 1.16 bits per heavy atom. The molecular formula is C36H38F3NO4. The number of hydrogen-bond donors (Lipinski definition) is 0. The summed E-state index contributed by atoms with van der Waals surface area (Å²) in [6.07, 6.45) is -4.04. The Hall–Kier alpha value is -4.30. The molecule has 8 heteroatoms. The first-order valence-corrected chi connectivity index (χ1v) is 14.8. The summed E-state index contributed by atoms with van der Waals surface area (Å²) in [6.45, 7) is 5.17. The fourth-order valence-corrected chi connectivity index (χ4v) is 4.85. The summed E-state index contributed by atoms with van der Waals surface area (Å²) in [5.74, 6) is 0.762. The molecule has 0 radical (unpaired) electrons. The van der Waals surface area contributed by atoms with Gasteiger partial charge in [0.15, 0.2) is 0 Å². The van der Waals surface area contributed by atoms with Crippen molar-refractivity contribution in [3.8, 4) is 11.5 Å². The summed E-state index contributed by atoms with van der Waals surface area (Å²) < 4.78 is 57.2. The van der Waals surface area contributed by atoms with Gasteiger partial charge < -0.3 is 14.2 Å². The number of rotatable bonds is 15. The maximum atomic E-state index is 13.1. The number of halogens is 3. The van der Waals surface area contributed by atoms with Crippen LogP contribution in [0.25, 0.3) is 0 Å². The average Bonchev–Trinajstić information content (AvgIpc) is 3.02. The Kier molecular flexibility index (Phi) is 11.8. The predicted octanol–water partition coefficient (Wildman–Crippen LogP) is 8.60. The van der Waals surface area contributed by atoms with E-state index in [-0.39, 0.29) is 25.2 Å². The zero-order valence-electron chi connectivity index (χ0n) is 25.0. The van der Waals surface area contributed by atoms with Gasteiger partial charge in [0.05, 0.1) is 18.7 Å². The number of aryl methyl sites for hydroxylation is 1. The first-order chi connectivity index (χ1) is 21.2. The van der Waals surface area contributed by atoms with E-state index in [0.29, 0.717) is 31.7 Å². The van der Waals surface area contributed by atoms with Gasteiger partial charge in [0, 0.05) is 25.9 Å². The predicted molar refractivity (Wildman–Crippen MR) is 165 cm³/mol. The summed E-state index contributed by atoms with van der Waals surface area (Å²) in [6, 6.07) is 32.1. The molecule has 0 aliphatic heterocycles. The van der Waals surface area contributed by atoms with Crippen molar-refractivity contribution >= 4 is 5.97 Å². The lowest BCUT2D eigenvalue weighted by molar-refractivity contribution is -0.144. The van der Waals surface area contributed by atoms with Crippen molar-refractivity contribution in [3.05, 3.63) is 131 Å². The van der Waals surface area contributed by atoms with Crippen molar-refractivity contribution in [2.24, 2.45) is 0 Å².